The quantitative estimate of drug-likeness (QED) is 0.471. The molecule has 0 unspecified atom stereocenters. The Morgan fingerprint density at radius 3 is 1.79 bits per heavy atom. The normalized spacial score (nSPS) is 14.3. The van der Waals surface area contributed by atoms with Crippen LogP contribution in [0.5, 0.6) is 5.75 Å². The van der Waals surface area contributed by atoms with Crippen LogP contribution < -0.4 is 10.1 Å². The summed E-state index contributed by atoms with van der Waals surface area (Å²) in [7, 11) is 0. The van der Waals surface area contributed by atoms with Crippen molar-refractivity contribution in [1.82, 2.24) is 10.2 Å². The minimum atomic E-state index is -0.318. The Morgan fingerprint density at radius 2 is 1.29 bits per heavy atom. The van der Waals surface area contributed by atoms with Crippen molar-refractivity contribution in [1.29, 1.82) is 0 Å². The van der Waals surface area contributed by atoms with Gasteiger partial charge >= 0.3 is 6.03 Å². The Bertz CT molecular complexity index is 1020. The number of benzene rings is 3. The minimum Gasteiger partial charge on any atom is -0.490 e. The molecule has 178 valence electrons. The lowest BCUT2D eigenvalue weighted by atomic mass is 9.88. The molecule has 0 aliphatic carbocycles. The molecule has 0 spiro atoms. The Labute approximate surface area is 197 Å². The number of nitrogens with zero attached hydrogens (tertiary/aromatic N) is 1. The van der Waals surface area contributed by atoms with E-state index in [-0.39, 0.29) is 35.5 Å². The van der Waals surface area contributed by atoms with Gasteiger partial charge < -0.3 is 15.0 Å². The SMILES string of the molecule is O=C(NCCC(c1ccc(F)cc1)c1ccc(F)cc1)N1CCC(Oc2ccc(F)cc2)CC1. The van der Waals surface area contributed by atoms with Crippen LogP contribution in [0.25, 0.3) is 0 Å². The molecule has 1 aliphatic heterocycles. The van der Waals surface area contributed by atoms with E-state index in [4.69, 9.17) is 4.74 Å². The molecule has 1 heterocycles. The van der Waals surface area contributed by atoms with Crippen LogP contribution >= 0.6 is 0 Å². The second-order valence-corrected chi connectivity index (χ2v) is 8.43. The first-order valence-electron chi connectivity index (χ1n) is 11.4. The molecule has 1 aliphatic rings. The Morgan fingerprint density at radius 1 is 0.824 bits per heavy atom. The Balaban J connectivity index is 1.28. The van der Waals surface area contributed by atoms with E-state index in [1.165, 1.54) is 36.4 Å². The number of amides is 2. The molecule has 3 aromatic rings. The van der Waals surface area contributed by atoms with Crippen LogP contribution in [0.4, 0.5) is 18.0 Å². The van der Waals surface area contributed by atoms with Gasteiger partial charge in [0.1, 0.15) is 29.3 Å². The van der Waals surface area contributed by atoms with Gasteiger partial charge in [-0.05, 0) is 66.1 Å². The third-order valence-electron chi connectivity index (χ3n) is 6.10. The second kappa shape index (κ2) is 11.1. The molecular formula is C27H27F3N2O2. The van der Waals surface area contributed by atoms with Gasteiger partial charge in [0.2, 0.25) is 0 Å². The standard InChI is InChI=1S/C27H27F3N2O2/c28-21-5-1-19(2-6-21)26(20-3-7-22(29)8-4-20)13-16-31-27(33)32-17-14-25(15-18-32)34-24-11-9-23(30)10-12-24/h1-12,25-26H,13-18H2,(H,31,33). The number of carbonyl (C=O) groups is 1. The van der Waals surface area contributed by atoms with Crippen LogP contribution in [0.15, 0.2) is 72.8 Å². The van der Waals surface area contributed by atoms with Crippen LogP contribution in [0.3, 0.4) is 0 Å². The van der Waals surface area contributed by atoms with Crippen LogP contribution in [0.2, 0.25) is 0 Å². The molecular weight excluding hydrogens is 441 g/mol. The first-order chi connectivity index (χ1) is 16.5. The van der Waals surface area contributed by atoms with Crippen LogP contribution in [0, 0.1) is 17.5 Å². The fraction of sp³-hybridized carbons (Fsp3) is 0.296. The first-order valence-corrected chi connectivity index (χ1v) is 11.4. The molecule has 0 saturated carbocycles. The summed E-state index contributed by atoms with van der Waals surface area (Å²) in [6, 6.07) is 18.3. The molecule has 7 heteroatoms. The molecule has 0 aromatic heterocycles. The zero-order valence-corrected chi connectivity index (χ0v) is 18.7. The summed E-state index contributed by atoms with van der Waals surface area (Å²) in [5.41, 5.74) is 1.81. The molecule has 34 heavy (non-hydrogen) atoms. The monoisotopic (exact) mass is 468 g/mol. The fourth-order valence-electron chi connectivity index (χ4n) is 4.23. The van der Waals surface area contributed by atoms with Gasteiger partial charge in [-0.1, -0.05) is 24.3 Å². The Kier molecular flexibility index (Phi) is 7.72. The molecule has 2 amide bonds. The van der Waals surface area contributed by atoms with Gasteiger partial charge in [-0.15, -0.1) is 0 Å². The van der Waals surface area contributed by atoms with E-state index in [1.54, 1.807) is 41.3 Å². The Hall–Kier alpha value is -3.48. The van der Waals surface area contributed by atoms with Crippen molar-refractivity contribution >= 4 is 6.03 Å². The number of nitrogens with one attached hydrogen (secondary N) is 1. The predicted molar refractivity (Wildman–Crippen MR) is 124 cm³/mol. The van der Waals surface area contributed by atoms with Crippen molar-refractivity contribution in [3.8, 4) is 5.75 Å². The summed E-state index contributed by atoms with van der Waals surface area (Å²) in [5.74, 6) is -0.420. The lowest BCUT2D eigenvalue weighted by molar-refractivity contribution is 0.111. The first kappa shape index (κ1) is 23.7. The predicted octanol–water partition coefficient (Wildman–Crippen LogP) is 5.88. The molecule has 4 nitrogen and oxygen atoms in total. The van der Waals surface area contributed by atoms with Crippen molar-refractivity contribution in [2.24, 2.45) is 0 Å². The summed E-state index contributed by atoms with van der Waals surface area (Å²) >= 11 is 0. The van der Waals surface area contributed by atoms with Gasteiger partial charge in [0.15, 0.2) is 0 Å². The number of likely N-dealkylation sites (tertiary alicyclic amines) is 1. The highest BCUT2D eigenvalue weighted by Crippen LogP contribution is 2.28. The van der Waals surface area contributed by atoms with Crippen molar-refractivity contribution in [2.75, 3.05) is 19.6 Å². The molecule has 0 bridgehead atoms. The van der Waals surface area contributed by atoms with Crippen LogP contribution in [-0.2, 0) is 0 Å². The minimum absolute atomic E-state index is 0.0177. The van der Waals surface area contributed by atoms with Gasteiger partial charge in [0.05, 0.1) is 0 Å². The van der Waals surface area contributed by atoms with Gasteiger partial charge in [-0.3, -0.25) is 0 Å². The van der Waals surface area contributed by atoms with Crippen molar-refractivity contribution in [3.05, 3.63) is 101 Å². The average Bonchev–Trinajstić information content (AvgIpc) is 2.85. The molecule has 0 atom stereocenters. The number of carbonyl (C=O) groups excluding carboxylic acids is 1. The highest BCUT2D eigenvalue weighted by atomic mass is 19.1. The largest absolute Gasteiger partial charge is 0.490 e. The maximum atomic E-state index is 13.4. The topological polar surface area (TPSA) is 41.6 Å². The lowest BCUT2D eigenvalue weighted by Gasteiger charge is -2.32. The summed E-state index contributed by atoms with van der Waals surface area (Å²) in [4.78, 5) is 14.4. The highest BCUT2D eigenvalue weighted by Gasteiger charge is 2.24. The highest BCUT2D eigenvalue weighted by molar-refractivity contribution is 5.74. The third-order valence-corrected chi connectivity index (χ3v) is 6.10. The van der Waals surface area contributed by atoms with E-state index in [0.29, 0.717) is 44.6 Å². The van der Waals surface area contributed by atoms with E-state index in [9.17, 15) is 18.0 Å². The van der Waals surface area contributed by atoms with E-state index in [0.717, 1.165) is 11.1 Å². The number of hydrogen-bond acceptors (Lipinski definition) is 2. The number of hydrogen-bond donors (Lipinski definition) is 1. The lowest BCUT2D eigenvalue weighted by Crippen LogP contribution is -2.46. The third kappa shape index (κ3) is 6.31. The molecule has 0 radical (unpaired) electrons. The molecule has 3 aromatic carbocycles. The maximum Gasteiger partial charge on any atom is 0.317 e. The van der Waals surface area contributed by atoms with Crippen molar-refractivity contribution < 1.29 is 22.7 Å². The molecule has 1 fully saturated rings. The smallest absolute Gasteiger partial charge is 0.317 e. The number of rotatable bonds is 7. The van der Waals surface area contributed by atoms with Crippen LogP contribution in [0.1, 0.15) is 36.3 Å². The average molecular weight is 469 g/mol. The van der Waals surface area contributed by atoms with Crippen molar-refractivity contribution in [2.45, 2.75) is 31.3 Å². The maximum absolute atomic E-state index is 13.4. The summed E-state index contributed by atoms with van der Waals surface area (Å²) in [6.07, 6.45) is 1.96. The zero-order chi connectivity index (χ0) is 23.9. The second-order valence-electron chi connectivity index (χ2n) is 8.43. The van der Waals surface area contributed by atoms with Crippen LogP contribution in [-0.4, -0.2) is 36.7 Å². The number of urea groups is 1. The number of ether oxygens (including phenoxy) is 1. The van der Waals surface area contributed by atoms with Gasteiger partial charge in [0, 0.05) is 38.4 Å². The molecule has 1 saturated heterocycles. The van der Waals surface area contributed by atoms with Gasteiger partial charge in [-0.25, -0.2) is 18.0 Å². The summed E-state index contributed by atoms with van der Waals surface area (Å²) in [5, 5.41) is 2.97. The number of halogens is 3. The van der Waals surface area contributed by atoms with Gasteiger partial charge in [0.25, 0.3) is 0 Å². The van der Waals surface area contributed by atoms with Crippen molar-refractivity contribution in [3.63, 3.8) is 0 Å². The summed E-state index contributed by atoms with van der Waals surface area (Å²) in [6.45, 7) is 1.55. The van der Waals surface area contributed by atoms with Gasteiger partial charge in [-0.2, -0.15) is 0 Å². The fourth-order valence-corrected chi connectivity index (χ4v) is 4.23. The number of piperidine rings is 1. The molecule has 4 rings (SSSR count). The van der Waals surface area contributed by atoms with E-state index in [2.05, 4.69) is 5.32 Å². The molecule has 1 N–H and O–H groups in total. The van der Waals surface area contributed by atoms with E-state index >= 15 is 0 Å². The zero-order valence-electron chi connectivity index (χ0n) is 18.7. The van der Waals surface area contributed by atoms with E-state index < -0.39 is 0 Å². The summed E-state index contributed by atoms with van der Waals surface area (Å²) < 4.78 is 45.7. The van der Waals surface area contributed by atoms with E-state index in [1.807, 2.05) is 0 Å².